The summed E-state index contributed by atoms with van der Waals surface area (Å²) in [7, 11) is 0. The van der Waals surface area contributed by atoms with Crippen LogP contribution >= 0.6 is 11.3 Å². The molecule has 1 N–H and O–H groups in total. The quantitative estimate of drug-likeness (QED) is 0.314. The predicted molar refractivity (Wildman–Crippen MR) is 110 cm³/mol. The van der Waals surface area contributed by atoms with Gasteiger partial charge in [0, 0.05) is 10.4 Å². The van der Waals surface area contributed by atoms with Crippen LogP contribution in [0.4, 0.5) is 5.13 Å². The van der Waals surface area contributed by atoms with Gasteiger partial charge in [-0.2, -0.15) is 5.10 Å². The third-order valence-corrected chi connectivity index (χ3v) is 4.74. The summed E-state index contributed by atoms with van der Waals surface area (Å²) < 4.78 is 5.66. The molecule has 0 aliphatic carbocycles. The number of hydrazone groups is 1. The van der Waals surface area contributed by atoms with Crippen molar-refractivity contribution in [3.05, 3.63) is 65.0 Å². The maximum Gasteiger partial charge on any atom is 0.204 e. The van der Waals surface area contributed by atoms with Gasteiger partial charge in [-0.25, -0.2) is 4.98 Å². The van der Waals surface area contributed by atoms with Gasteiger partial charge >= 0.3 is 0 Å². The number of nitrogens with one attached hydrogen (secondary N) is 1. The first-order chi connectivity index (χ1) is 12.8. The molecule has 0 aliphatic rings. The van der Waals surface area contributed by atoms with E-state index in [1.165, 1.54) is 4.88 Å². The van der Waals surface area contributed by atoms with Crippen molar-refractivity contribution in [1.82, 2.24) is 4.98 Å². The number of hydrogen-bond acceptors (Lipinski definition) is 5. The normalized spacial score (nSPS) is 11.0. The third-order valence-electron chi connectivity index (χ3n) is 3.86. The minimum atomic E-state index is 0.763. The van der Waals surface area contributed by atoms with E-state index < -0.39 is 0 Å². The summed E-state index contributed by atoms with van der Waals surface area (Å²) in [5.74, 6) is 0.895. The Labute approximate surface area is 158 Å². The number of hydrogen-bond donors (Lipinski definition) is 1. The van der Waals surface area contributed by atoms with Gasteiger partial charge in [0.25, 0.3) is 0 Å². The minimum Gasteiger partial charge on any atom is -0.494 e. The Hall–Kier alpha value is -2.66. The molecular weight excluding hydrogens is 342 g/mol. The van der Waals surface area contributed by atoms with Crippen LogP contribution in [-0.2, 0) is 0 Å². The molecule has 0 radical (unpaired) electrons. The van der Waals surface area contributed by atoms with Crippen molar-refractivity contribution in [3.8, 4) is 17.0 Å². The van der Waals surface area contributed by atoms with Crippen LogP contribution in [0.2, 0.25) is 0 Å². The van der Waals surface area contributed by atoms with E-state index in [0.717, 1.165) is 47.2 Å². The zero-order chi connectivity index (χ0) is 18.2. The monoisotopic (exact) mass is 365 g/mol. The molecule has 0 amide bonds. The zero-order valence-corrected chi connectivity index (χ0v) is 15.9. The van der Waals surface area contributed by atoms with E-state index in [0.29, 0.717) is 0 Å². The summed E-state index contributed by atoms with van der Waals surface area (Å²) in [5, 5.41) is 5.09. The number of benzene rings is 2. The molecule has 1 heterocycles. The van der Waals surface area contributed by atoms with Crippen molar-refractivity contribution in [2.45, 2.75) is 26.7 Å². The number of aryl methyl sites for hydroxylation is 1. The van der Waals surface area contributed by atoms with Crippen LogP contribution in [0.5, 0.6) is 5.75 Å². The summed E-state index contributed by atoms with van der Waals surface area (Å²) in [4.78, 5) is 5.81. The zero-order valence-electron chi connectivity index (χ0n) is 15.1. The van der Waals surface area contributed by atoms with Gasteiger partial charge in [0.2, 0.25) is 5.13 Å². The summed E-state index contributed by atoms with van der Waals surface area (Å²) in [5.41, 5.74) is 6.16. The van der Waals surface area contributed by atoms with Crippen LogP contribution in [0.25, 0.3) is 11.3 Å². The maximum atomic E-state index is 5.66. The van der Waals surface area contributed by atoms with Crippen molar-refractivity contribution in [3.63, 3.8) is 0 Å². The van der Waals surface area contributed by atoms with E-state index in [9.17, 15) is 0 Å². The lowest BCUT2D eigenvalue weighted by Crippen LogP contribution is -1.96. The molecule has 2 aromatic carbocycles. The van der Waals surface area contributed by atoms with Gasteiger partial charge in [0.15, 0.2) is 0 Å². The molecule has 3 aromatic rings. The number of rotatable bonds is 8. The van der Waals surface area contributed by atoms with Gasteiger partial charge in [-0.05, 0) is 43.2 Å². The standard InChI is InChI=1S/C21H23N3OS/c1-3-4-14-25-19-12-10-17(11-13-19)15-22-24-21-23-20(16(2)26-21)18-8-6-5-7-9-18/h5-13,15H,3-4,14H2,1-2H3,(H,23,24)/b22-15-. The SMILES string of the molecule is CCCCOc1ccc(/C=N\Nc2nc(-c3ccccc3)c(C)s2)cc1. The summed E-state index contributed by atoms with van der Waals surface area (Å²) in [6.45, 7) is 4.99. The van der Waals surface area contributed by atoms with Gasteiger partial charge in [-0.3, -0.25) is 5.43 Å². The Morgan fingerprint density at radius 3 is 2.62 bits per heavy atom. The average molecular weight is 366 g/mol. The number of nitrogens with zero attached hydrogens (tertiary/aromatic N) is 2. The van der Waals surface area contributed by atoms with Crippen LogP contribution in [0, 0.1) is 6.92 Å². The lowest BCUT2D eigenvalue weighted by Gasteiger charge is -2.04. The number of unbranched alkanes of at least 4 members (excludes halogenated alkanes) is 1. The van der Waals surface area contributed by atoms with Crippen molar-refractivity contribution >= 4 is 22.7 Å². The molecular formula is C21H23N3OS. The average Bonchev–Trinajstić information content (AvgIpc) is 3.04. The highest BCUT2D eigenvalue weighted by Crippen LogP contribution is 2.30. The summed E-state index contributed by atoms with van der Waals surface area (Å²) >= 11 is 1.60. The molecule has 0 saturated heterocycles. The van der Waals surface area contributed by atoms with Crippen LogP contribution in [0.3, 0.4) is 0 Å². The first-order valence-electron chi connectivity index (χ1n) is 8.81. The molecule has 0 unspecified atom stereocenters. The van der Waals surface area contributed by atoms with E-state index in [1.807, 2.05) is 42.5 Å². The lowest BCUT2D eigenvalue weighted by molar-refractivity contribution is 0.309. The molecule has 134 valence electrons. The number of ether oxygens (including phenoxy) is 1. The molecule has 0 atom stereocenters. The number of anilines is 1. The summed E-state index contributed by atoms with van der Waals surface area (Å²) in [6, 6.07) is 18.1. The highest BCUT2D eigenvalue weighted by atomic mass is 32.1. The molecule has 4 nitrogen and oxygen atoms in total. The lowest BCUT2D eigenvalue weighted by atomic mass is 10.1. The Balaban J connectivity index is 1.59. The van der Waals surface area contributed by atoms with Gasteiger partial charge in [-0.15, -0.1) is 11.3 Å². The molecule has 1 aromatic heterocycles. The highest BCUT2D eigenvalue weighted by molar-refractivity contribution is 7.15. The van der Waals surface area contributed by atoms with Gasteiger partial charge in [-0.1, -0.05) is 43.7 Å². The van der Waals surface area contributed by atoms with E-state index >= 15 is 0 Å². The van der Waals surface area contributed by atoms with Gasteiger partial charge in [0.1, 0.15) is 5.75 Å². The molecule has 26 heavy (non-hydrogen) atoms. The Bertz CT molecular complexity index is 841. The van der Waals surface area contributed by atoms with Crippen LogP contribution in [-0.4, -0.2) is 17.8 Å². The molecule has 5 heteroatoms. The Morgan fingerprint density at radius 2 is 1.88 bits per heavy atom. The Kier molecular flexibility index (Phi) is 6.39. The number of aromatic nitrogens is 1. The second-order valence-electron chi connectivity index (χ2n) is 5.93. The van der Waals surface area contributed by atoms with E-state index in [4.69, 9.17) is 4.74 Å². The topological polar surface area (TPSA) is 46.5 Å². The first kappa shape index (κ1) is 18.1. The van der Waals surface area contributed by atoms with Crippen molar-refractivity contribution in [1.29, 1.82) is 0 Å². The van der Waals surface area contributed by atoms with Crippen molar-refractivity contribution in [2.24, 2.45) is 5.10 Å². The van der Waals surface area contributed by atoms with Crippen LogP contribution in [0.1, 0.15) is 30.2 Å². The molecule has 0 saturated carbocycles. The molecule has 0 aliphatic heterocycles. The first-order valence-corrected chi connectivity index (χ1v) is 9.62. The summed E-state index contributed by atoms with van der Waals surface area (Å²) in [6.07, 6.45) is 4.00. The van der Waals surface area contributed by atoms with Crippen molar-refractivity contribution < 1.29 is 4.74 Å². The van der Waals surface area contributed by atoms with Gasteiger partial charge < -0.3 is 4.74 Å². The van der Waals surface area contributed by atoms with Crippen molar-refractivity contribution in [2.75, 3.05) is 12.0 Å². The van der Waals surface area contributed by atoms with E-state index in [2.05, 4.69) is 41.5 Å². The second-order valence-corrected chi connectivity index (χ2v) is 7.13. The molecule has 0 spiro atoms. The minimum absolute atomic E-state index is 0.763. The second kappa shape index (κ2) is 9.15. The molecule has 0 bridgehead atoms. The van der Waals surface area contributed by atoms with Crippen LogP contribution < -0.4 is 10.2 Å². The third kappa shape index (κ3) is 4.92. The molecule has 0 fully saturated rings. The highest BCUT2D eigenvalue weighted by Gasteiger charge is 2.08. The largest absolute Gasteiger partial charge is 0.494 e. The van der Waals surface area contributed by atoms with E-state index in [-0.39, 0.29) is 0 Å². The number of thiazole rings is 1. The molecule has 3 rings (SSSR count). The smallest absolute Gasteiger partial charge is 0.204 e. The van der Waals surface area contributed by atoms with E-state index in [1.54, 1.807) is 17.6 Å². The van der Waals surface area contributed by atoms with Crippen LogP contribution in [0.15, 0.2) is 59.7 Å². The Morgan fingerprint density at radius 1 is 1.12 bits per heavy atom. The fraction of sp³-hybridized carbons (Fsp3) is 0.238. The fourth-order valence-corrected chi connectivity index (χ4v) is 3.24. The predicted octanol–water partition coefficient (Wildman–Crippen LogP) is 5.74. The van der Waals surface area contributed by atoms with Gasteiger partial charge in [0.05, 0.1) is 18.5 Å². The fourth-order valence-electron chi connectivity index (χ4n) is 2.45. The maximum absolute atomic E-state index is 5.66.